The predicted octanol–water partition coefficient (Wildman–Crippen LogP) is 2.01. The first-order valence-corrected chi connectivity index (χ1v) is 5.60. The Morgan fingerprint density at radius 2 is 2.47 bits per heavy atom. The van der Waals surface area contributed by atoms with Gasteiger partial charge in [-0.1, -0.05) is 19.1 Å². The number of hydrogen-bond acceptors (Lipinski definition) is 2. The molecule has 0 saturated carbocycles. The van der Waals surface area contributed by atoms with Crippen LogP contribution in [0, 0.1) is 23.2 Å². The fraction of sp³-hybridized carbons (Fsp3) is 0.667. The minimum atomic E-state index is -0.482. The fourth-order valence-electron chi connectivity index (χ4n) is 1.75. The maximum Gasteiger partial charge on any atom is 0.237 e. The third-order valence-corrected chi connectivity index (χ3v) is 2.82. The molecule has 0 bridgehead atoms. The maximum absolute atomic E-state index is 11.5. The molecule has 0 aliphatic heterocycles. The lowest BCUT2D eigenvalue weighted by Crippen LogP contribution is -2.34. The van der Waals surface area contributed by atoms with Crippen molar-refractivity contribution in [2.45, 2.75) is 32.6 Å². The van der Waals surface area contributed by atoms with Crippen LogP contribution < -0.4 is 5.32 Å². The van der Waals surface area contributed by atoms with Crippen LogP contribution in [-0.2, 0) is 4.79 Å². The maximum atomic E-state index is 11.5. The largest absolute Gasteiger partial charge is 0.355 e. The van der Waals surface area contributed by atoms with Crippen LogP contribution in [0.3, 0.4) is 0 Å². The number of allylic oxidation sites excluding steroid dienone is 2. The molecule has 2 unspecified atom stereocenters. The summed E-state index contributed by atoms with van der Waals surface area (Å²) in [5, 5.41) is 11.6. The summed E-state index contributed by atoms with van der Waals surface area (Å²) in [6, 6.07) is 2.01. The molecule has 3 nitrogen and oxygen atoms in total. The number of nitrogens with zero attached hydrogens (tertiary/aromatic N) is 1. The molecule has 1 rings (SSSR count). The van der Waals surface area contributed by atoms with Crippen LogP contribution in [0.15, 0.2) is 12.2 Å². The zero-order chi connectivity index (χ0) is 11.1. The van der Waals surface area contributed by atoms with Gasteiger partial charge in [0.1, 0.15) is 5.92 Å². The predicted molar refractivity (Wildman–Crippen MR) is 58.9 cm³/mol. The summed E-state index contributed by atoms with van der Waals surface area (Å²) in [4.78, 5) is 11.5. The Labute approximate surface area is 91.2 Å². The van der Waals surface area contributed by atoms with Crippen molar-refractivity contribution >= 4 is 5.91 Å². The van der Waals surface area contributed by atoms with Crippen molar-refractivity contribution in [2.24, 2.45) is 11.8 Å². The monoisotopic (exact) mass is 206 g/mol. The molecule has 1 amide bonds. The van der Waals surface area contributed by atoms with Crippen molar-refractivity contribution in [2.75, 3.05) is 6.54 Å². The van der Waals surface area contributed by atoms with Crippen molar-refractivity contribution in [3.8, 4) is 6.07 Å². The zero-order valence-electron chi connectivity index (χ0n) is 9.20. The molecule has 1 N–H and O–H groups in total. The van der Waals surface area contributed by atoms with E-state index in [1.165, 1.54) is 0 Å². The van der Waals surface area contributed by atoms with Gasteiger partial charge in [-0.05, 0) is 31.6 Å². The van der Waals surface area contributed by atoms with Gasteiger partial charge in [-0.25, -0.2) is 0 Å². The Morgan fingerprint density at radius 1 is 1.67 bits per heavy atom. The van der Waals surface area contributed by atoms with Crippen molar-refractivity contribution in [1.82, 2.24) is 5.32 Å². The van der Waals surface area contributed by atoms with E-state index in [1.807, 2.05) is 13.0 Å². The molecule has 1 aliphatic rings. The minimum absolute atomic E-state index is 0.116. The molecule has 3 heteroatoms. The Kier molecular flexibility index (Phi) is 4.89. The molecular weight excluding hydrogens is 188 g/mol. The number of nitrogens with one attached hydrogen (secondary N) is 1. The van der Waals surface area contributed by atoms with Crippen LogP contribution in [0.5, 0.6) is 0 Å². The first-order chi connectivity index (χ1) is 7.27. The van der Waals surface area contributed by atoms with Gasteiger partial charge in [-0.15, -0.1) is 0 Å². The van der Waals surface area contributed by atoms with E-state index >= 15 is 0 Å². The highest BCUT2D eigenvalue weighted by atomic mass is 16.1. The second-order valence-electron chi connectivity index (χ2n) is 3.99. The molecule has 0 aromatic carbocycles. The molecule has 0 heterocycles. The summed E-state index contributed by atoms with van der Waals surface area (Å²) in [5.74, 6) is -0.0474. The van der Waals surface area contributed by atoms with E-state index in [1.54, 1.807) is 0 Å². The van der Waals surface area contributed by atoms with Crippen LogP contribution in [0.1, 0.15) is 32.6 Å². The number of rotatable bonds is 4. The highest BCUT2D eigenvalue weighted by molar-refractivity contribution is 5.80. The molecule has 0 aromatic rings. The van der Waals surface area contributed by atoms with Gasteiger partial charge in [0, 0.05) is 6.54 Å². The molecule has 2 atom stereocenters. The molecular formula is C12H18N2O. The van der Waals surface area contributed by atoms with Gasteiger partial charge in [0.25, 0.3) is 0 Å². The molecule has 0 aromatic heterocycles. The molecule has 0 radical (unpaired) electrons. The summed E-state index contributed by atoms with van der Waals surface area (Å²) >= 11 is 0. The van der Waals surface area contributed by atoms with Gasteiger partial charge >= 0.3 is 0 Å². The first-order valence-electron chi connectivity index (χ1n) is 5.60. The molecule has 0 saturated heterocycles. The zero-order valence-corrected chi connectivity index (χ0v) is 9.20. The van der Waals surface area contributed by atoms with Gasteiger partial charge in [0.05, 0.1) is 6.07 Å². The molecule has 15 heavy (non-hydrogen) atoms. The average molecular weight is 206 g/mol. The number of carbonyl (C=O) groups excluding carboxylic acids is 1. The van der Waals surface area contributed by atoms with E-state index in [0.717, 1.165) is 19.3 Å². The van der Waals surface area contributed by atoms with Crippen LogP contribution in [0.25, 0.3) is 0 Å². The third kappa shape index (κ3) is 3.75. The summed E-state index contributed by atoms with van der Waals surface area (Å²) in [7, 11) is 0. The summed E-state index contributed by atoms with van der Waals surface area (Å²) in [5.41, 5.74) is 0. The summed E-state index contributed by atoms with van der Waals surface area (Å²) < 4.78 is 0. The van der Waals surface area contributed by atoms with Gasteiger partial charge in [0.15, 0.2) is 0 Å². The van der Waals surface area contributed by atoms with Crippen molar-refractivity contribution in [3.63, 3.8) is 0 Å². The van der Waals surface area contributed by atoms with Crippen molar-refractivity contribution in [1.29, 1.82) is 5.26 Å². The third-order valence-electron chi connectivity index (χ3n) is 2.82. The molecule has 1 aliphatic carbocycles. The fourth-order valence-corrected chi connectivity index (χ4v) is 1.75. The van der Waals surface area contributed by atoms with Crippen LogP contribution >= 0.6 is 0 Å². The molecule has 0 fully saturated rings. The van der Waals surface area contributed by atoms with E-state index in [9.17, 15) is 4.79 Å². The molecule has 0 spiro atoms. The van der Waals surface area contributed by atoms with Crippen LogP contribution in [0.4, 0.5) is 0 Å². The van der Waals surface area contributed by atoms with Crippen LogP contribution in [0.2, 0.25) is 0 Å². The van der Waals surface area contributed by atoms with E-state index in [0.29, 0.717) is 18.9 Å². The normalized spacial score (nSPS) is 21.7. The van der Waals surface area contributed by atoms with Gasteiger partial charge in [-0.3, -0.25) is 4.79 Å². The topological polar surface area (TPSA) is 52.9 Å². The standard InChI is InChI=1S/C12H18N2O/c1-2-11(8-13)12(15)14-9-10-6-4-3-5-7-10/h3-4,10-11H,2,5-7,9H2,1H3,(H,14,15). The lowest BCUT2D eigenvalue weighted by Gasteiger charge is -2.18. The number of carbonyl (C=O) groups is 1. The van der Waals surface area contributed by atoms with E-state index in [2.05, 4.69) is 17.5 Å². The Morgan fingerprint density at radius 3 is 3.00 bits per heavy atom. The number of amides is 1. The average Bonchev–Trinajstić information content (AvgIpc) is 2.29. The Bertz CT molecular complexity index is 278. The second kappa shape index (κ2) is 6.23. The highest BCUT2D eigenvalue weighted by Gasteiger charge is 2.17. The van der Waals surface area contributed by atoms with E-state index in [4.69, 9.17) is 5.26 Å². The minimum Gasteiger partial charge on any atom is -0.355 e. The Balaban J connectivity index is 2.27. The SMILES string of the molecule is CCC(C#N)C(=O)NCC1CC=CCC1. The van der Waals surface area contributed by atoms with Gasteiger partial charge in [-0.2, -0.15) is 5.26 Å². The first kappa shape index (κ1) is 11.8. The quantitative estimate of drug-likeness (QED) is 0.715. The lowest BCUT2D eigenvalue weighted by atomic mass is 9.94. The van der Waals surface area contributed by atoms with E-state index in [-0.39, 0.29) is 5.91 Å². The molecule has 82 valence electrons. The van der Waals surface area contributed by atoms with Crippen molar-refractivity contribution in [3.05, 3.63) is 12.2 Å². The van der Waals surface area contributed by atoms with Crippen LogP contribution in [-0.4, -0.2) is 12.5 Å². The summed E-state index contributed by atoms with van der Waals surface area (Å²) in [6.07, 6.45) is 8.23. The highest BCUT2D eigenvalue weighted by Crippen LogP contribution is 2.17. The van der Waals surface area contributed by atoms with Gasteiger partial charge < -0.3 is 5.32 Å². The number of hydrogen-bond donors (Lipinski definition) is 1. The van der Waals surface area contributed by atoms with E-state index < -0.39 is 5.92 Å². The second-order valence-corrected chi connectivity index (χ2v) is 3.99. The smallest absolute Gasteiger partial charge is 0.237 e. The van der Waals surface area contributed by atoms with Gasteiger partial charge in [0.2, 0.25) is 5.91 Å². The lowest BCUT2D eigenvalue weighted by molar-refractivity contribution is -0.123. The Hall–Kier alpha value is -1.30. The summed E-state index contributed by atoms with van der Waals surface area (Å²) in [6.45, 7) is 2.57. The number of nitriles is 1. The van der Waals surface area contributed by atoms with Crippen molar-refractivity contribution < 1.29 is 4.79 Å².